The van der Waals surface area contributed by atoms with E-state index < -0.39 is 5.54 Å². The number of rotatable bonds is 3. The van der Waals surface area contributed by atoms with E-state index in [1.54, 1.807) is 36.8 Å². The van der Waals surface area contributed by atoms with E-state index in [2.05, 4.69) is 32.4 Å². The molecule has 0 radical (unpaired) electrons. The van der Waals surface area contributed by atoms with Crippen LogP contribution >= 0.6 is 0 Å². The van der Waals surface area contributed by atoms with Crippen molar-refractivity contribution in [3.63, 3.8) is 0 Å². The van der Waals surface area contributed by atoms with Crippen molar-refractivity contribution in [1.82, 2.24) is 15.3 Å². The lowest BCUT2D eigenvalue weighted by Crippen LogP contribution is -2.48. The van der Waals surface area contributed by atoms with Crippen molar-refractivity contribution >= 4 is 17.6 Å². The Hall–Kier alpha value is -3.20. The molecule has 1 saturated carbocycles. The van der Waals surface area contributed by atoms with E-state index in [9.17, 15) is 9.59 Å². The number of carbonyl (C=O) groups excluding carboxylic acids is 2. The Labute approximate surface area is 158 Å². The molecule has 0 atom stereocenters. The summed E-state index contributed by atoms with van der Waals surface area (Å²) in [6.07, 6.45) is 9.68. The lowest BCUT2D eigenvalue weighted by molar-refractivity contribution is -0.114. The SMILES string of the molecule is CC(=O)Nc1ccc(C#CC2(NC(=O)c3cccnc3)CCCCC2)cn1. The summed E-state index contributed by atoms with van der Waals surface area (Å²) in [6.45, 7) is 1.44. The van der Waals surface area contributed by atoms with Crippen LogP contribution in [0.25, 0.3) is 0 Å². The van der Waals surface area contributed by atoms with Gasteiger partial charge in [-0.05, 0) is 37.1 Å². The largest absolute Gasteiger partial charge is 0.336 e. The van der Waals surface area contributed by atoms with E-state index in [-0.39, 0.29) is 11.8 Å². The minimum Gasteiger partial charge on any atom is -0.336 e. The Balaban J connectivity index is 1.78. The normalized spacial score (nSPS) is 15.1. The molecule has 27 heavy (non-hydrogen) atoms. The molecule has 2 N–H and O–H groups in total. The van der Waals surface area contributed by atoms with Crippen molar-refractivity contribution in [3.8, 4) is 11.8 Å². The molecule has 0 bridgehead atoms. The number of nitrogens with zero attached hydrogens (tertiary/aromatic N) is 2. The molecule has 0 aliphatic heterocycles. The third kappa shape index (κ3) is 5.14. The summed E-state index contributed by atoms with van der Waals surface area (Å²) < 4.78 is 0. The number of pyridine rings is 2. The van der Waals surface area contributed by atoms with Gasteiger partial charge in [0.1, 0.15) is 11.4 Å². The van der Waals surface area contributed by atoms with Gasteiger partial charge in [-0.2, -0.15) is 0 Å². The second kappa shape index (κ2) is 8.45. The topological polar surface area (TPSA) is 84.0 Å². The van der Waals surface area contributed by atoms with Crippen LogP contribution in [0.15, 0.2) is 42.9 Å². The van der Waals surface area contributed by atoms with Crippen molar-refractivity contribution in [1.29, 1.82) is 0 Å². The summed E-state index contributed by atoms with van der Waals surface area (Å²) in [7, 11) is 0. The van der Waals surface area contributed by atoms with Crippen molar-refractivity contribution in [3.05, 3.63) is 54.0 Å². The fraction of sp³-hybridized carbons (Fsp3) is 0.333. The van der Waals surface area contributed by atoms with Crippen LogP contribution in [0, 0.1) is 11.8 Å². The Bertz CT molecular complexity index is 861. The Morgan fingerprint density at radius 2 is 1.93 bits per heavy atom. The maximum Gasteiger partial charge on any atom is 0.254 e. The fourth-order valence-electron chi connectivity index (χ4n) is 3.14. The minimum atomic E-state index is -0.540. The molecule has 0 spiro atoms. The van der Waals surface area contributed by atoms with E-state index in [0.29, 0.717) is 11.4 Å². The quantitative estimate of drug-likeness (QED) is 0.823. The Morgan fingerprint density at radius 1 is 1.11 bits per heavy atom. The Morgan fingerprint density at radius 3 is 2.56 bits per heavy atom. The van der Waals surface area contributed by atoms with E-state index >= 15 is 0 Å². The smallest absolute Gasteiger partial charge is 0.254 e. The summed E-state index contributed by atoms with van der Waals surface area (Å²) in [4.78, 5) is 31.9. The van der Waals surface area contributed by atoms with Crippen molar-refractivity contribution < 1.29 is 9.59 Å². The molecule has 0 aromatic carbocycles. The minimum absolute atomic E-state index is 0.154. The van der Waals surface area contributed by atoms with Crippen LogP contribution in [0.5, 0.6) is 0 Å². The number of hydrogen-bond acceptors (Lipinski definition) is 4. The van der Waals surface area contributed by atoms with Gasteiger partial charge in [-0.3, -0.25) is 14.6 Å². The van der Waals surface area contributed by atoms with Crippen LogP contribution in [-0.2, 0) is 4.79 Å². The summed E-state index contributed by atoms with van der Waals surface area (Å²) >= 11 is 0. The number of carbonyl (C=O) groups is 2. The second-order valence-corrected chi connectivity index (χ2v) is 6.70. The summed E-state index contributed by atoms with van der Waals surface area (Å²) in [5, 5.41) is 5.75. The Kier molecular flexibility index (Phi) is 5.82. The third-order valence-electron chi connectivity index (χ3n) is 4.50. The zero-order chi connectivity index (χ0) is 19.1. The van der Waals surface area contributed by atoms with Crippen LogP contribution in [-0.4, -0.2) is 27.3 Å². The van der Waals surface area contributed by atoms with Crippen molar-refractivity contribution in [2.24, 2.45) is 0 Å². The molecule has 2 amide bonds. The highest BCUT2D eigenvalue weighted by Gasteiger charge is 2.32. The molecule has 2 aromatic rings. The zero-order valence-corrected chi connectivity index (χ0v) is 15.3. The van der Waals surface area contributed by atoms with Crippen LogP contribution in [0.4, 0.5) is 5.82 Å². The van der Waals surface area contributed by atoms with Gasteiger partial charge in [0.15, 0.2) is 0 Å². The zero-order valence-electron chi connectivity index (χ0n) is 15.3. The molecule has 1 aliphatic carbocycles. The summed E-state index contributed by atoms with van der Waals surface area (Å²) in [5.41, 5.74) is 0.733. The third-order valence-corrected chi connectivity index (χ3v) is 4.50. The average Bonchev–Trinajstić information content (AvgIpc) is 2.68. The highest BCUT2D eigenvalue weighted by molar-refractivity contribution is 5.94. The van der Waals surface area contributed by atoms with Crippen LogP contribution in [0.2, 0.25) is 0 Å². The molecular weight excluding hydrogens is 340 g/mol. The van der Waals surface area contributed by atoms with Crippen LogP contribution < -0.4 is 10.6 Å². The van der Waals surface area contributed by atoms with Gasteiger partial charge < -0.3 is 10.6 Å². The number of aromatic nitrogens is 2. The predicted molar refractivity (Wildman–Crippen MR) is 103 cm³/mol. The first-order valence-corrected chi connectivity index (χ1v) is 9.06. The molecule has 2 heterocycles. The maximum absolute atomic E-state index is 12.6. The highest BCUT2D eigenvalue weighted by atomic mass is 16.2. The van der Waals surface area contributed by atoms with Crippen LogP contribution in [0.1, 0.15) is 54.9 Å². The van der Waals surface area contributed by atoms with Crippen molar-refractivity contribution in [2.75, 3.05) is 5.32 Å². The van der Waals surface area contributed by atoms with Crippen molar-refractivity contribution in [2.45, 2.75) is 44.6 Å². The van der Waals surface area contributed by atoms with E-state index in [1.165, 1.54) is 6.92 Å². The molecule has 1 aliphatic rings. The number of anilines is 1. The average molecular weight is 362 g/mol. The molecule has 2 aromatic heterocycles. The predicted octanol–water partition coefficient (Wildman–Crippen LogP) is 2.92. The second-order valence-electron chi connectivity index (χ2n) is 6.70. The van der Waals surface area contributed by atoms with Gasteiger partial charge >= 0.3 is 0 Å². The van der Waals surface area contributed by atoms with Gasteiger partial charge in [0.05, 0.1) is 5.56 Å². The van der Waals surface area contributed by atoms with Gasteiger partial charge in [0.2, 0.25) is 5.91 Å². The number of nitrogens with one attached hydrogen (secondary N) is 2. The lowest BCUT2D eigenvalue weighted by Gasteiger charge is -2.33. The lowest BCUT2D eigenvalue weighted by atomic mass is 9.81. The summed E-state index contributed by atoms with van der Waals surface area (Å²) in [5.74, 6) is 6.59. The highest BCUT2D eigenvalue weighted by Crippen LogP contribution is 2.28. The van der Waals surface area contributed by atoms with Gasteiger partial charge in [-0.15, -0.1) is 0 Å². The van der Waals surface area contributed by atoms with E-state index in [0.717, 1.165) is 37.7 Å². The van der Waals surface area contributed by atoms with Crippen LogP contribution in [0.3, 0.4) is 0 Å². The summed E-state index contributed by atoms with van der Waals surface area (Å²) in [6, 6.07) is 7.02. The van der Waals surface area contributed by atoms with Gasteiger partial charge in [0, 0.05) is 31.1 Å². The number of hydrogen-bond donors (Lipinski definition) is 2. The molecule has 6 nitrogen and oxygen atoms in total. The first-order valence-electron chi connectivity index (χ1n) is 9.06. The number of amides is 2. The van der Waals surface area contributed by atoms with Gasteiger partial charge in [0.25, 0.3) is 5.91 Å². The molecule has 0 saturated heterocycles. The maximum atomic E-state index is 12.6. The molecule has 6 heteroatoms. The monoisotopic (exact) mass is 362 g/mol. The van der Waals surface area contributed by atoms with E-state index in [1.807, 2.05) is 6.07 Å². The molecule has 1 fully saturated rings. The molecular formula is C21H22N4O2. The van der Waals surface area contributed by atoms with Gasteiger partial charge in [-0.25, -0.2) is 4.98 Å². The standard InChI is InChI=1S/C21H22N4O2/c1-16(26)24-19-8-7-17(14-23-19)9-12-21(10-3-2-4-11-21)25-20(27)18-6-5-13-22-15-18/h5-8,13-15H,2-4,10-11H2,1H3,(H,25,27)(H,23,24,26). The molecule has 138 valence electrons. The first kappa shape index (κ1) is 18.6. The first-order chi connectivity index (χ1) is 13.1. The van der Waals surface area contributed by atoms with Gasteiger partial charge in [-0.1, -0.05) is 31.1 Å². The van der Waals surface area contributed by atoms with E-state index in [4.69, 9.17) is 0 Å². The molecule has 0 unspecified atom stereocenters. The molecule has 3 rings (SSSR count). The fourth-order valence-corrected chi connectivity index (χ4v) is 3.14.